The maximum absolute atomic E-state index is 11.8. The van der Waals surface area contributed by atoms with Gasteiger partial charge in [-0.15, -0.1) is 0 Å². The summed E-state index contributed by atoms with van der Waals surface area (Å²) in [5.74, 6) is -2.21. The molecule has 1 heterocycles. The molecule has 0 aromatic heterocycles. The number of hydrazine groups is 1. The molecule has 0 saturated carbocycles. The molecule has 1 aromatic rings. The van der Waals surface area contributed by atoms with Crippen LogP contribution >= 0.6 is 0 Å². The first kappa shape index (κ1) is 12.0. The smallest absolute Gasteiger partial charge is 0.280 e. The van der Waals surface area contributed by atoms with Gasteiger partial charge >= 0.3 is 0 Å². The molecule has 6 nitrogen and oxygen atoms in total. The maximum atomic E-state index is 11.8. The van der Waals surface area contributed by atoms with Crippen molar-refractivity contribution in [2.24, 2.45) is 0 Å². The molecule has 0 aliphatic carbocycles. The predicted octanol–water partition coefficient (Wildman–Crippen LogP) is 0.293. The lowest BCUT2D eigenvalue weighted by atomic mass is 10.1. The number of nitrogens with zero attached hydrogens (tertiary/aromatic N) is 1. The highest BCUT2D eigenvalue weighted by Crippen LogP contribution is 2.20. The van der Waals surface area contributed by atoms with Gasteiger partial charge in [-0.2, -0.15) is 5.01 Å². The molecule has 1 N–H and O–H groups in total. The van der Waals surface area contributed by atoms with E-state index in [0.29, 0.717) is 5.01 Å². The monoisotopic (exact) mass is 246 g/mol. The molecule has 2 rings (SSSR count). The van der Waals surface area contributed by atoms with Crippen LogP contribution < -0.4 is 5.43 Å². The van der Waals surface area contributed by atoms with E-state index in [1.165, 1.54) is 19.1 Å². The molecule has 1 aliphatic heterocycles. The number of carbonyl (C=O) groups is 4. The second-order valence-corrected chi connectivity index (χ2v) is 3.91. The van der Waals surface area contributed by atoms with E-state index in [-0.39, 0.29) is 23.3 Å². The maximum Gasteiger partial charge on any atom is 0.280 e. The topological polar surface area (TPSA) is 83.6 Å². The van der Waals surface area contributed by atoms with Crippen molar-refractivity contribution in [1.29, 1.82) is 0 Å². The summed E-state index contributed by atoms with van der Waals surface area (Å²) in [5.41, 5.74) is 2.61. The minimum Gasteiger partial charge on any atom is -0.299 e. The number of imide groups is 1. The number of nitrogens with one attached hydrogen (secondary N) is 1. The Morgan fingerprint density at radius 1 is 1.11 bits per heavy atom. The molecule has 0 saturated heterocycles. The fraction of sp³-hybridized carbons (Fsp3) is 0.167. The summed E-state index contributed by atoms with van der Waals surface area (Å²) < 4.78 is 0. The molecule has 0 radical (unpaired) electrons. The summed E-state index contributed by atoms with van der Waals surface area (Å²) in [7, 11) is 0. The van der Waals surface area contributed by atoms with E-state index in [9.17, 15) is 19.2 Å². The number of hydrogen-bond donors (Lipinski definition) is 1. The second kappa shape index (κ2) is 4.40. The van der Waals surface area contributed by atoms with Crippen LogP contribution in [0.1, 0.15) is 34.1 Å². The van der Waals surface area contributed by atoms with Gasteiger partial charge in [-0.3, -0.25) is 24.6 Å². The van der Waals surface area contributed by atoms with Gasteiger partial charge < -0.3 is 0 Å². The van der Waals surface area contributed by atoms with E-state index in [4.69, 9.17) is 0 Å². The van der Waals surface area contributed by atoms with Gasteiger partial charge in [-0.05, 0) is 19.1 Å². The Bertz CT molecular complexity index is 530. The number of hydrogen-bond acceptors (Lipinski definition) is 4. The number of ketones is 1. The van der Waals surface area contributed by atoms with Gasteiger partial charge in [0.2, 0.25) is 5.91 Å². The molecule has 0 atom stereocenters. The molecule has 0 fully saturated rings. The molecule has 1 aliphatic rings. The number of benzene rings is 1. The van der Waals surface area contributed by atoms with Crippen molar-refractivity contribution in [3.05, 3.63) is 35.4 Å². The second-order valence-electron chi connectivity index (χ2n) is 3.91. The summed E-state index contributed by atoms with van der Waals surface area (Å²) in [6.07, 6.45) is -0.368. The summed E-state index contributed by atoms with van der Waals surface area (Å²) in [5, 5.41) is 0.635. The minimum absolute atomic E-state index is 0.241. The van der Waals surface area contributed by atoms with Crippen molar-refractivity contribution in [3.63, 3.8) is 0 Å². The van der Waals surface area contributed by atoms with Crippen LogP contribution in [0.5, 0.6) is 0 Å². The van der Waals surface area contributed by atoms with Crippen molar-refractivity contribution >= 4 is 23.5 Å². The quantitative estimate of drug-likeness (QED) is 0.613. The van der Waals surface area contributed by atoms with Crippen LogP contribution in [0.3, 0.4) is 0 Å². The average molecular weight is 246 g/mol. The zero-order valence-electron chi connectivity index (χ0n) is 9.60. The Labute approximate surface area is 103 Å². The fourth-order valence-corrected chi connectivity index (χ4v) is 1.68. The third-order valence-electron chi connectivity index (χ3n) is 2.44. The summed E-state index contributed by atoms with van der Waals surface area (Å²) >= 11 is 0. The van der Waals surface area contributed by atoms with E-state index >= 15 is 0 Å². The van der Waals surface area contributed by atoms with Crippen LogP contribution in [0, 0.1) is 0 Å². The predicted molar refractivity (Wildman–Crippen MR) is 60.4 cm³/mol. The van der Waals surface area contributed by atoms with Crippen molar-refractivity contribution in [2.75, 3.05) is 0 Å². The molecule has 0 bridgehead atoms. The Kier molecular flexibility index (Phi) is 2.93. The van der Waals surface area contributed by atoms with Crippen LogP contribution in [0.2, 0.25) is 0 Å². The standard InChI is InChI=1S/C12H10N2O4/c1-7(15)6-10(16)13-14-11(17)8-4-2-3-5-9(8)12(14)18/h2-5H,6H2,1H3,(H,13,16). The largest absolute Gasteiger partial charge is 0.299 e. The molecule has 3 amide bonds. The highest BCUT2D eigenvalue weighted by molar-refractivity contribution is 6.21. The molecule has 92 valence electrons. The van der Waals surface area contributed by atoms with Crippen molar-refractivity contribution in [3.8, 4) is 0 Å². The van der Waals surface area contributed by atoms with Crippen LogP contribution in [0.4, 0.5) is 0 Å². The van der Waals surface area contributed by atoms with E-state index in [0.717, 1.165) is 0 Å². The zero-order valence-corrected chi connectivity index (χ0v) is 9.60. The minimum atomic E-state index is -0.683. The average Bonchev–Trinajstić information content (AvgIpc) is 2.54. The van der Waals surface area contributed by atoms with Gasteiger partial charge in [0.1, 0.15) is 5.78 Å². The molecule has 1 aromatic carbocycles. The van der Waals surface area contributed by atoms with Crippen LogP contribution in [-0.2, 0) is 9.59 Å². The fourth-order valence-electron chi connectivity index (χ4n) is 1.68. The third-order valence-corrected chi connectivity index (χ3v) is 2.44. The normalized spacial score (nSPS) is 13.5. The van der Waals surface area contributed by atoms with Gasteiger partial charge in [-0.25, -0.2) is 0 Å². The van der Waals surface area contributed by atoms with Gasteiger partial charge in [0.25, 0.3) is 11.8 Å². The third kappa shape index (κ3) is 2.00. The first-order valence-corrected chi connectivity index (χ1v) is 5.27. The van der Waals surface area contributed by atoms with E-state index in [1.807, 2.05) is 0 Å². The highest BCUT2D eigenvalue weighted by Gasteiger charge is 2.36. The first-order valence-electron chi connectivity index (χ1n) is 5.27. The van der Waals surface area contributed by atoms with Crippen molar-refractivity contribution in [1.82, 2.24) is 10.4 Å². The molecular formula is C12H10N2O4. The van der Waals surface area contributed by atoms with E-state index in [2.05, 4.69) is 5.43 Å². The lowest BCUT2D eigenvalue weighted by molar-refractivity contribution is -0.129. The van der Waals surface area contributed by atoms with Crippen molar-refractivity contribution < 1.29 is 19.2 Å². The molecular weight excluding hydrogens is 236 g/mol. The van der Waals surface area contributed by atoms with Crippen molar-refractivity contribution in [2.45, 2.75) is 13.3 Å². The van der Waals surface area contributed by atoms with Gasteiger partial charge in [0.05, 0.1) is 17.5 Å². The lowest BCUT2D eigenvalue weighted by Gasteiger charge is -2.14. The highest BCUT2D eigenvalue weighted by atomic mass is 16.2. The number of rotatable bonds is 3. The Balaban J connectivity index is 2.19. The van der Waals surface area contributed by atoms with Crippen LogP contribution in [-0.4, -0.2) is 28.5 Å². The molecule has 6 heteroatoms. The van der Waals surface area contributed by atoms with Gasteiger partial charge in [0, 0.05) is 0 Å². The van der Waals surface area contributed by atoms with Gasteiger partial charge in [-0.1, -0.05) is 12.1 Å². The summed E-state index contributed by atoms with van der Waals surface area (Å²) in [6.45, 7) is 1.25. The molecule has 0 spiro atoms. The Morgan fingerprint density at radius 3 is 2.06 bits per heavy atom. The summed E-state index contributed by atoms with van der Waals surface area (Å²) in [6, 6.07) is 6.27. The van der Waals surface area contributed by atoms with Crippen LogP contribution in [0.15, 0.2) is 24.3 Å². The number of fused-ring (bicyclic) bond motifs is 1. The number of Topliss-reactive ketones (excluding diaryl/α,β-unsaturated/α-hetero) is 1. The van der Waals surface area contributed by atoms with Gasteiger partial charge in [0.15, 0.2) is 0 Å². The zero-order chi connectivity index (χ0) is 13.3. The first-order chi connectivity index (χ1) is 8.50. The Hall–Kier alpha value is -2.50. The molecule has 0 unspecified atom stereocenters. The van der Waals surface area contributed by atoms with Crippen LogP contribution in [0.25, 0.3) is 0 Å². The SMILES string of the molecule is CC(=O)CC(=O)NN1C(=O)c2ccccc2C1=O. The lowest BCUT2D eigenvalue weighted by Crippen LogP contribution is -2.46. The molecule has 18 heavy (non-hydrogen) atoms. The Morgan fingerprint density at radius 2 is 1.61 bits per heavy atom. The van der Waals surface area contributed by atoms with E-state index < -0.39 is 17.7 Å². The number of carbonyl (C=O) groups excluding carboxylic acids is 4. The van der Waals surface area contributed by atoms with E-state index in [1.54, 1.807) is 12.1 Å². The summed E-state index contributed by atoms with van der Waals surface area (Å²) in [4.78, 5) is 45.8. The number of amides is 3.